The van der Waals surface area contributed by atoms with Crippen molar-refractivity contribution < 1.29 is 14.0 Å². The van der Waals surface area contributed by atoms with Gasteiger partial charge in [-0.15, -0.1) is 0 Å². The highest BCUT2D eigenvalue weighted by Crippen LogP contribution is 2.35. The molecular weight excluding hydrogens is 465 g/mol. The number of ketones is 1. The summed E-state index contributed by atoms with van der Waals surface area (Å²) in [5.41, 5.74) is 5.79. The molecule has 6 heteroatoms. The summed E-state index contributed by atoms with van der Waals surface area (Å²) in [7, 11) is 0. The molecule has 1 N–H and O–H groups in total. The van der Waals surface area contributed by atoms with Crippen molar-refractivity contribution in [1.29, 1.82) is 0 Å². The molecule has 2 heterocycles. The maximum atomic E-state index is 13.5. The Morgan fingerprint density at radius 3 is 2.62 bits per heavy atom. The van der Waals surface area contributed by atoms with Gasteiger partial charge in [-0.05, 0) is 82.1 Å². The first kappa shape index (κ1) is 25.9. The molecule has 1 aromatic rings. The minimum absolute atomic E-state index is 0.116. The fraction of sp³-hybridized carbons (Fsp3) is 0.548. The minimum Gasteiger partial charge on any atom is -0.369 e. The van der Waals surface area contributed by atoms with E-state index in [1.165, 1.54) is 0 Å². The predicted molar refractivity (Wildman–Crippen MR) is 147 cm³/mol. The molecular formula is C31H40FN3O2. The van der Waals surface area contributed by atoms with Crippen LogP contribution in [0, 0.1) is 0 Å². The summed E-state index contributed by atoms with van der Waals surface area (Å²) < 4.78 is 13.4. The lowest BCUT2D eigenvalue weighted by molar-refractivity contribution is -0.115. The van der Waals surface area contributed by atoms with E-state index in [9.17, 15) is 14.0 Å². The van der Waals surface area contributed by atoms with Gasteiger partial charge in [0.1, 0.15) is 6.17 Å². The third-order valence-electron chi connectivity index (χ3n) is 8.61. The van der Waals surface area contributed by atoms with E-state index in [1.54, 1.807) is 0 Å². The van der Waals surface area contributed by atoms with Crippen LogP contribution in [-0.2, 0) is 11.2 Å². The molecule has 0 atom stereocenters. The predicted octanol–water partition coefficient (Wildman–Crippen LogP) is 5.32. The summed E-state index contributed by atoms with van der Waals surface area (Å²) in [5.74, 6) is 0.00778. The van der Waals surface area contributed by atoms with Gasteiger partial charge in [0.15, 0.2) is 5.78 Å². The minimum atomic E-state index is -0.644. The highest BCUT2D eigenvalue weighted by molar-refractivity contribution is 6.02. The maximum Gasteiger partial charge on any atom is 0.251 e. The van der Waals surface area contributed by atoms with E-state index < -0.39 is 6.17 Å². The highest BCUT2D eigenvalue weighted by atomic mass is 19.1. The number of halogens is 1. The molecule has 0 aromatic heterocycles. The molecule has 0 spiro atoms. The number of allylic oxidation sites excluding steroid dienone is 5. The van der Waals surface area contributed by atoms with E-state index >= 15 is 0 Å². The number of hydrogen-bond acceptors (Lipinski definition) is 4. The van der Waals surface area contributed by atoms with Gasteiger partial charge >= 0.3 is 0 Å². The van der Waals surface area contributed by atoms with Crippen LogP contribution < -0.4 is 10.2 Å². The molecule has 0 unspecified atom stereocenters. The number of nitrogens with zero attached hydrogens (tertiary/aromatic N) is 2. The van der Waals surface area contributed by atoms with Crippen LogP contribution in [0.5, 0.6) is 0 Å². The van der Waals surface area contributed by atoms with Crippen molar-refractivity contribution in [2.75, 3.05) is 31.1 Å². The molecule has 4 aliphatic rings. The van der Waals surface area contributed by atoms with Crippen LogP contribution in [0.25, 0.3) is 0 Å². The molecule has 37 heavy (non-hydrogen) atoms. The highest BCUT2D eigenvalue weighted by Gasteiger charge is 2.36. The van der Waals surface area contributed by atoms with Crippen molar-refractivity contribution in [3.63, 3.8) is 0 Å². The molecule has 0 bridgehead atoms. The van der Waals surface area contributed by atoms with E-state index in [-0.39, 0.29) is 18.2 Å². The standard InChI is InChI=1S/C31H40FN3O2/c1-3-35(25-14-12-24(13-15-25)34-19-23(32)20-34)29-11-7-10-27-26(29)9-6-4-5-8-22-16-21(2)17-30(36)28(22)18-33-31(27)37/h4,6-7,10-11,16,23-25H,3,5,8-9,12-15,17-20H2,1-2H3,(H,33,37)/b6-4+. The molecule has 1 saturated carbocycles. The Morgan fingerprint density at radius 2 is 1.89 bits per heavy atom. The van der Waals surface area contributed by atoms with Crippen LogP contribution >= 0.6 is 0 Å². The summed E-state index contributed by atoms with van der Waals surface area (Å²) in [6.07, 6.45) is 13.1. The molecule has 2 aliphatic heterocycles. The second-order valence-electron chi connectivity index (χ2n) is 11.1. The van der Waals surface area contributed by atoms with Crippen molar-refractivity contribution in [3.05, 3.63) is 64.3 Å². The van der Waals surface area contributed by atoms with Crippen LogP contribution in [0.4, 0.5) is 10.1 Å². The average molecular weight is 506 g/mol. The largest absolute Gasteiger partial charge is 0.369 e. The Balaban J connectivity index is 1.37. The Morgan fingerprint density at radius 1 is 1.11 bits per heavy atom. The molecule has 0 radical (unpaired) electrons. The van der Waals surface area contributed by atoms with Gasteiger partial charge in [0.25, 0.3) is 5.91 Å². The van der Waals surface area contributed by atoms with E-state index in [2.05, 4.69) is 46.3 Å². The topological polar surface area (TPSA) is 52.7 Å². The van der Waals surface area contributed by atoms with Crippen molar-refractivity contribution in [2.24, 2.45) is 0 Å². The number of anilines is 1. The van der Waals surface area contributed by atoms with Crippen LogP contribution in [0.1, 0.15) is 74.7 Å². The van der Waals surface area contributed by atoms with Gasteiger partial charge in [0, 0.05) is 61.5 Å². The zero-order valence-corrected chi connectivity index (χ0v) is 22.3. The lowest BCUT2D eigenvalue weighted by atomic mass is 9.86. The lowest BCUT2D eigenvalue weighted by Crippen LogP contribution is -2.55. The number of alkyl halides is 1. The van der Waals surface area contributed by atoms with Gasteiger partial charge in [-0.2, -0.15) is 0 Å². The van der Waals surface area contributed by atoms with E-state index in [0.717, 1.165) is 73.0 Å². The summed E-state index contributed by atoms with van der Waals surface area (Å²) in [5, 5.41) is 3.07. The lowest BCUT2D eigenvalue weighted by Gasteiger charge is -2.46. The fourth-order valence-corrected chi connectivity index (χ4v) is 6.62. The molecule has 2 aliphatic carbocycles. The zero-order valence-electron chi connectivity index (χ0n) is 22.3. The summed E-state index contributed by atoms with van der Waals surface area (Å²) in [4.78, 5) is 31.0. The summed E-state index contributed by atoms with van der Waals surface area (Å²) in [6, 6.07) is 6.99. The van der Waals surface area contributed by atoms with Gasteiger partial charge in [0.05, 0.1) is 0 Å². The number of rotatable bonds is 4. The third kappa shape index (κ3) is 5.59. The van der Waals surface area contributed by atoms with Crippen molar-refractivity contribution in [3.8, 4) is 0 Å². The van der Waals surface area contributed by atoms with Crippen LogP contribution in [0.3, 0.4) is 0 Å². The number of fused-ring (bicyclic) bond motifs is 1. The van der Waals surface area contributed by atoms with Gasteiger partial charge in [0.2, 0.25) is 0 Å². The molecule has 1 aromatic carbocycles. The Labute approximate surface area is 220 Å². The number of benzene rings is 1. The number of hydrogen-bond donors (Lipinski definition) is 1. The summed E-state index contributed by atoms with van der Waals surface area (Å²) in [6.45, 7) is 6.55. The Bertz CT molecular complexity index is 1120. The normalized spacial score (nSPS) is 26.6. The Kier molecular flexibility index (Phi) is 7.94. The smallest absolute Gasteiger partial charge is 0.251 e. The van der Waals surface area contributed by atoms with Gasteiger partial charge in [-0.25, -0.2) is 4.39 Å². The summed E-state index contributed by atoms with van der Waals surface area (Å²) >= 11 is 0. The van der Waals surface area contributed by atoms with E-state index in [0.29, 0.717) is 43.6 Å². The molecule has 5 rings (SSSR count). The molecule has 1 saturated heterocycles. The number of nitrogens with one attached hydrogen (secondary N) is 1. The number of likely N-dealkylation sites (tertiary alicyclic amines) is 1. The molecule has 5 nitrogen and oxygen atoms in total. The fourth-order valence-electron chi connectivity index (χ4n) is 6.62. The monoisotopic (exact) mass is 505 g/mol. The van der Waals surface area contributed by atoms with E-state index in [1.807, 2.05) is 19.1 Å². The Hall–Kier alpha value is -2.73. The first-order chi connectivity index (χ1) is 17.9. The van der Waals surface area contributed by atoms with E-state index in [4.69, 9.17) is 0 Å². The first-order valence-corrected chi connectivity index (χ1v) is 14.1. The number of carbonyl (C=O) groups excluding carboxylic acids is 2. The second-order valence-corrected chi connectivity index (χ2v) is 11.1. The van der Waals surface area contributed by atoms with Gasteiger partial charge in [-0.1, -0.05) is 29.9 Å². The number of carbonyl (C=O) groups is 2. The van der Waals surface area contributed by atoms with Gasteiger partial charge in [-0.3, -0.25) is 14.5 Å². The average Bonchev–Trinajstić information content (AvgIpc) is 2.86. The van der Waals surface area contributed by atoms with Crippen LogP contribution in [0.15, 0.2) is 53.1 Å². The van der Waals surface area contributed by atoms with Crippen molar-refractivity contribution in [1.82, 2.24) is 10.2 Å². The SMILES string of the molecule is CCN(c1cccc2c1C/C=C/CCC1=C(CNC2=O)C(=O)CC(C)=C1)C1CCC(N2CC(F)C2)CC1. The number of amides is 1. The third-order valence-corrected chi connectivity index (χ3v) is 8.61. The van der Waals surface area contributed by atoms with Crippen molar-refractivity contribution >= 4 is 17.4 Å². The quantitative estimate of drug-likeness (QED) is 0.563. The molecule has 198 valence electrons. The second kappa shape index (κ2) is 11.3. The zero-order chi connectivity index (χ0) is 25.9. The molecule has 2 fully saturated rings. The van der Waals surface area contributed by atoms with Gasteiger partial charge < -0.3 is 10.2 Å². The van der Waals surface area contributed by atoms with Crippen molar-refractivity contribution in [2.45, 2.75) is 83.5 Å². The van der Waals surface area contributed by atoms with Crippen LogP contribution in [0.2, 0.25) is 0 Å². The first-order valence-electron chi connectivity index (χ1n) is 14.1. The van der Waals surface area contributed by atoms with Crippen LogP contribution in [-0.4, -0.2) is 61.0 Å². The number of Topliss-reactive ketones (excluding diaryl/α,β-unsaturated/α-hetero) is 1. The molecule has 1 amide bonds. The maximum absolute atomic E-state index is 13.5.